The van der Waals surface area contributed by atoms with Crippen molar-refractivity contribution in [1.82, 2.24) is 0 Å². The van der Waals surface area contributed by atoms with Gasteiger partial charge in [0.05, 0.1) is 60.7 Å². The van der Waals surface area contributed by atoms with Gasteiger partial charge >= 0.3 is 0 Å². The van der Waals surface area contributed by atoms with Crippen LogP contribution in [0.4, 0.5) is 0 Å². The third kappa shape index (κ3) is 8.22. The molecule has 0 fully saturated rings. The maximum absolute atomic E-state index is 6.73. The van der Waals surface area contributed by atoms with E-state index < -0.39 is 0 Å². The van der Waals surface area contributed by atoms with Gasteiger partial charge in [-0.3, -0.25) is 0 Å². The maximum atomic E-state index is 6.73. The Morgan fingerprint density at radius 1 is 0.523 bits per heavy atom. The summed E-state index contributed by atoms with van der Waals surface area (Å²) in [6, 6.07) is 7.34. The van der Waals surface area contributed by atoms with E-state index in [1.807, 2.05) is 64.1 Å². The highest BCUT2D eigenvalue weighted by Crippen LogP contribution is 2.45. The van der Waals surface area contributed by atoms with Crippen LogP contribution in [0.5, 0.6) is 34.5 Å². The van der Waals surface area contributed by atoms with Crippen molar-refractivity contribution in [1.29, 1.82) is 0 Å². The molecule has 0 saturated heterocycles. The second-order valence-electron chi connectivity index (χ2n) is 9.93. The highest BCUT2D eigenvalue weighted by Gasteiger charge is 2.20. The molecule has 0 saturated carbocycles. The van der Waals surface area contributed by atoms with Crippen molar-refractivity contribution in [2.45, 2.75) is 52.7 Å². The molecule has 2 unspecified atom stereocenters. The van der Waals surface area contributed by atoms with Gasteiger partial charge in [0.25, 0.3) is 0 Å². The largest absolute Gasteiger partial charge is 0.493 e. The molecule has 0 amide bonds. The van der Waals surface area contributed by atoms with E-state index in [1.54, 1.807) is 40.6 Å². The Bertz CT molecular complexity index is 1330. The molecule has 0 N–H and O–H groups in total. The number of rotatable bonds is 14. The molecule has 10 heteroatoms. The maximum Gasteiger partial charge on any atom is 0.203 e. The van der Waals surface area contributed by atoms with Crippen LogP contribution < -0.4 is 28.4 Å². The van der Waals surface area contributed by atoms with Gasteiger partial charge in [0.2, 0.25) is 11.5 Å². The van der Waals surface area contributed by atoms with Crippen LogP contribution in [0.3, 0.4) is 0 Å². The molecule has 6 nitrogen and oxygen atoms in total. The van der Waals surface area contributed by atoms with Crippen molar-refractivity contribution in [2.24, 2.45) is 0 Å². The normalized spacial score (nSPS) is 12.8. The minimum absolute atomic E-state index is 0.0132. The van der Waals surface area contributed by atoms with Gasteiger partial charge in [-0.2, -0.15) is 0 Å². The van der Waals surface area contributed by atoms with Crippen LogP contribution in [-0.4, -0.2) is 40.6 Å². The molecule has 0 aliphatic heterocycles. The Morgan fingerprint density at radius 3 is 1.02 bits per heavy atom. The third-order valence-corrected chi connectivity index (χ3v) is 8.73. The molecule has 0 bridgehead atoms. The zero-order valence-electron chi connectivity index (χ0n) is 26.1. The van der Waals surface area contributed by atoms with Gasteiger partial charge in [-0.15, -0.1) is 0 Å². The van der Waals surface area contributed by atoms with E-state index in [2.05, 4.69) is 0 Å². The lowest BCUT2D eigenvalue weighted by atomic mass is 10.1. The lowest BCUT2D eigenvalue weighted by Gasteiger charge is -2.19. The monoisotopic (exact) mass is 682 g/mol. The zero-order valence-corrected chi connectivity index (χ0v) is 29.2. The predicted molar refractivity (Wildman–Crippen MR) is 184 cm³/mol. The number of ether oxygens (including phenoxy) is 6. The first-order chi connectivity index (χ1) is 21.0. The average molecular weight is 684 g/mol. The topological polar surface area (TPSA) is 55.4 Å². The Kier molecular flexibility index (Phi) is 13.3. The van der Waals surface area contributed by atoms with Gasteiger partial charge in [-0.1, -0.05) is 84.6 Å². The highest BCUT2D eigenvalue weighted by molar-refractivity contribution is 6.50. The van der Waals surface area contributed by atoms with E-state index in [9.17, 15) is 0 Å². The number of benzene rings is 3. The average Bonchev–Trinajstić information content (AvgIpc) is 3.03. The predicted octanol–water partition coefficient (Wildman–Crippen LogP) is 11.0. The van der Waals surface area contributed by atoms with Crippen LogP contribution in [0.2, 0.25) is 20.1 Å². The number of hydrogen-bond donors (Lipinski definition) is 0. The quantitative estimate of drug-likeness (QED) is 0.124. The first kappa shape index (κ1) is 35.6. The van der Waals surface area contributed by atoms with Crippen LogP contribution in [0.25, 0.3) is 24.3 Å². The summed E-state index contributed by atoms with van der Waals surface area (Å²) < 4.78 is 34.4. The summed E-state index contributed by atoms with van der Waals surface area (Å²) in [4.78, 5) is 0. The molecule has 0 heterocycles. The second-order valence-corrected chi connectivity index (χ2v) is 11.4. The summed E-state index contributed by atoms with van der Waals surface area (Å²) in [7, 11) is 6.30. The minimum Gasteiger partial charge on any atom is -0.493 e. The Hall–Kier alpha value is -2.90. The molecule has 44 heavy (non-hydrogen) atoms. The molecule has 0 aliphatic carbocycles. The van der Waals surface area contributed by atoms with E-state index in [0.717, 1.165) is 24.0 Å². The fourth-order valence-electron chi connectivity index (χ4n) is 4.11. The number of halogens is 4. The third-order valence-electron chi connectivity index (χ3n) is 6.97. The summed E-state index contributed by atoms with van der Waals surface area (Å²) in [6.07, 6.45) is 8.75. The summed E-state index contributed by atoms with van der Waals surface area (Å²) in [5, 5.41) is 1.00. The van der Waals surface area contributed by atoms with E-state index in [-0.39, 0.29) is 32.3 Å². The molecule has 0 aliphatic rings. The lowest BCUT2D eigenvalue weighted by molar-refractivity contribution is 0.198. The first-order valence-electron chi connectivity index (χ1n) is 14.1. The van der Waals surface area contributed by atoms with Gasteiger partial charge in [0, 0.05) is 11.1 Å². The molecular formula is C34H38Cl4O6. The SMILES string of the molecule is CCC(C)Oc1c(OC)cc(/C=C/c2c(Cl)c(Cl)c(/C=C/c3cc(OC)c(OC(C)CC)c(OC)c3)c(Cl)c2Cl)cc1OC. The van der Waals surface area contributed by atoms with Crippen molar-refractivity contribution < 1.29 is 28.4 Å². The molecule has 3 aromatic carbocycles. The van der Waals surface area contributed by atoms with E-state index in [1.165, 1.54) is 0 Å². The van der Waals surface area contributed by atoms with Crippen LogP contribution >= 0.6 is 46.4 Å². The van der Waals surface area contributed by atoms with Gasteiger partial charge in [0.1, 0.15) is 0 Å². The van der Waals surface area contributed by atoms with Gasteiger partial charge < -0.3 is 28.4 Å². The summed E-state index contributed by atoms with van der Waals surface area (Å²) >= 11 is 26.9. The first-order valence-corrected chi connectivity index (χ1v) is 15.6. The summed E-state index contributed by atoms with van der Waals surface area (Å²) in [5.74, 6) is 3.20. The zero-order chi connectivity index (χ0) is 32.6. The smallest absolute Gasteiger partial charge is 0.203 e. The van der Waals surface area contributed by atoms with Crippen LogP contribution in [0, 0.1) is 0 Å². The molecule has 2 atom stereocenters. The fourth-order valence-corrected chi connectivity index (χ4v) is 5.25. The van der Waals surface area contributed by atoms with Crippen LogP contribution in [0.15, 0.2) is 24.3 Å². The second kappa shape index (κ2) is 16.4. The van der Waals surface area contributed by atoms with Crippen LogP contribution in [0.1, 0.15) is 62.8 Å². The van der Waals surface area contributed by atoms with Crippen molar-refractivity contribution in [2.75, 3.05) is 28.4 Å². The van der Waals surface area contributed by atoms with Crippen molar-refractivity contribution >= 4 is 70.7 Å². The van der Waals surface area contributed by atoms with Gasteiger partial charge in [0.15, 0.2) is 23.0 Å². The van der Waals surface area contributed by atoms with E-state index in [4.69, 9.17) is 74.8 Å². The molecule has 0 radical (unpaired) electrons. The summed E-state index contributed by atoms with van der Waals surface area (Å²) in [6.45, 7) is 8.05. The number of hydrogen-bond acceptors (Lipinski definition) is 6. The number of methoxy groups -OCH3 is 4. The molecule has 3 aromatic rings. The fraction of sp³-hybridized carbons (Fsp3) is 0.353. The van der Waals surface area contributed by atoms with Crippen molar-refractivity contribution in [3.63, 3.8) is 0 Å². The Labute approximate surface area is 280 Å². The highest BCUT2D eigenvalue weighted by atomic mass is 35.5. The summed E-state index contributed by atoms with van der Waals surface area (Å²) in [5.41, 5.74) is 2.46. The molecular weight excluding hydrogens is 646 g/mol. The minimum atomic E-state index is -0.0132. The standard InChI is InChI=1S/C34H38Cl4O6/c1-9-19(3)43-33-25(39-5)15-21(16-26(33)40-6)11-13-23-29(35)31(37)24(32(38)30(23)36)14-12-22-17-27(41-7)34(28(18-22)42-8)44-20(4)10-2/h11-20H,9-10H2,1-8H3/b13-11+,14-12+. The molecule has 0 aromatic heterocycles. The van der Waals surface area contributed by atoms with Crippen molar-refractivity contribution in [3.8, 4) is 34.5 Å². The Morgan fingerprint density at radius 2 is 0.795 bits per heavy atom. The molecule has 3 rings (SSSR count). The van der Waals surface area contributed by atoms with Crippen molar-refractivity contribution in [3.05, 3.63) is 66.6 Å². The van der Waals surface area contributed by atoms with Gasteiger partial charge in [-0.25, -0.2) is 0 Å². The molecule has 0 spiro atoms. The van der Waals surface area contributed by atoms with E-state index in [0.29, 0.717) is 45.6 Å². The van der Waals surface area contributed by atoms with Crippen LogP contribution in [-0.2, 0) is 0 Å². The lowest BCUT2D eigenvalue weighted by Crippen LogP contribution is -2.11. The molecule has 238 valence electrons. The Balaban J connectivity index is 2.00. The van der Waals surface area contributed by atoms with Gasteiger partial charge in [-0.05, 0) is 62.1 Å². The van der Waals surface area contributed by atoms with E-state index >= 15 is 0 Å².